The van der Waals surface area contributed by atoms with Crippen LogP contribution in [-0.4, -0.2) is 7.11 Å². The van der Waals surface area contributed by atoms with Crippen molar-refractivity contribution < 1.29 is 4.74 Å². The summed E-state index contributed by atoms with van der Waals surface area (Å²) < 4.78 is 5.97. The molecule has 0 saturated carbocycles. The van der Waals surface area contributed by atoms with Gasteiger partial charge >= 0.3 is 0 Å². The van der Waals surface area contributed by atoms with Crippen LogP contribution in [-0.2, 0) is 6.54 Å². The summed E-state index contributed by atoms with van der Waals surface area (Å²) in [5.41, 5.74) is 6.40. The van der Waals surface area contributed by atoms with Gasteiger partial charge in [0.25, 0.3) is 0 Å². The van der Waals surface area contributed by atoms with E-state index >= 15 is 0 Å². The summed E-state index contributed by atoms with van der Waals surface area (Å²) in [7, 11) is 1.60. The summed E-state index contributed by atoms with van der Waals surface area (Å²) in [6.07, 6.45) is 0. The van der Waals surface area contributed by atoms with E-state index in [9.17, 15) is 0 Å². The molecule has 0 amide bonds. The van der Waals surface area contributed by atoms with Crippen LogP contribution >= 0.6 is 27.5 Å². The molecule has 12 heavy (non-hydrogen) atoms. The van der Waals surface area contributed by atoms with Gasteiger partial charge < -0.3 is 10.5 Å². The van der Waals surface area contributed by atoms with E-state index in [4.69, 9.17) is 22.1 Å². The minimum atomic E-state index is 0.419. The third-order valence-corrected chi connectivity index (χ3v) is 2.32. The maximum absolute atomic E-state index is 5.82. The van der Waals surface area contributed by atoms with Crippen LogP contribution in [0.2, 0.25) is 5.02 Å². The fraction of sp³-hybridized carbons (Fsp3) is 0.250. The number of ether oxygens (including phenoxy) is 1. The number of rotatable bonds is 2. The van der Waals surface area contributed by atoms with Crippen LogP contribution in [0, 0.1) is 0 Å². The van der Waals surface area contributed by atoms with Gasteiger partial charge in [-0.05, 0) is 28.1 Å². The lowest BCUT2D eigenvalue weighted by molar-refractivity contribution is 0.407. The third kappa shape index (κ3) is 1.91. The Morgan fingerprint density at radius 1 is 1.58 bits per heavy atom. The van der Waals surface area contributed by atoms with Crippen LogP contribution < -0.4 is 10.5 Å². The Morgan fingerprint density at radius 3 is 2.75 bits per heavy atom. The van der Waals surface area contributed by atoms with Crippen molar-refractivity contribution in [2.75, 3.05) is 7.11 Å². The molecule has 0 spiro atoms. The van der Waals surface area contributed by atoms with Gasteiger partial charge in [0.05, 0.1) is 11.6 Å². The molecule has 0 saturated heterocycles. The Kier molecular flexibility index (Phi) is 3.38. The zero-order valence-corrected chi connectivity index (χ0v) is 8.95. The molecule has 0 fully saturated rings. The minimum absolute atomic E-state index is 0.419. The van der Waals surface area contributed by atoms with E-state index in [1.54, 1.807) is 19.2 Å². The van der Waals surface area contributed by atoms with Crippen molar-refractivity contribution in [1.29, 1.82) is 0 Å². The monoisotopic (exact) mass is 249 g/mol. The van der Waals surface area contributed by atoms with Crippen molar-refractivity contribution >= 4 is 27.5 Å². The van der Waals surface area contributed by atoms with Crippen molar-refractivity contribution in [1.82, 2.24) is 0 Å². The molecule has 4 heteroatoms. The number of hydrogen-bond acceptors (Lipinski definition) is 2. The normalized spacial score (nSPS) is 10.0. The van der Waals surface area contributed by atoms with Crippen molar-refractivity contribution in [3.05, 3.63) is 27.2 Å². The molecule has 0 bridgehead atoms. The number of nitrogens with two attached hydrogens (primary N) is 1. The minimum Gasteiger partial charge on any atom is -0.495 e. The summed E-state index contributed by atoms with van der Waals surface area (Å²) in [6, 6.07) is 3.57. The first kappa shape index (κ1) is 9.84. The smallest absolute Gasteiger partial charge is 0.137 e. The molecule has 0 aliphatic carbocycles. The molecule has 66 valence electrons. The molecule has 0 atom stereocenters. The van der Waals surface area contributed by atoms with Crippen molar-refractivity contribution in [2.45, 2.75) is 6.54 Å². The molecule has 0 aromatic heterocycles. The SMILES string of the molecule is COc1c(Br)cc(Cl)cc1CN. The second kappa shape index (κ2) is 4.12. The van der Waals surface area contributed by atoms with Gasteiger partial charge in [-0.3, -0.25) is 0 Å². The average Bonchev–Trinajstić information content (AvgIpc) is 2.03. The standard InChI is InChI=1S/C8H9BrClNO/c1-12-8-5(4-11)2-6(10)3-7(8)9/h2-3H,4,11H2,1H3. The Bertz CT molecular complexity index is 291. The first-order valence-electron chi connectivity index (χ1n) is 3.41. The zero-order valence-electron chi connectivity index (χ0n) is 6.60. The highest BCUT2D eigenvalue weighted by atomic mass is 79.9. The molecule has 0 heterocycles. The average molecular weight is 251 g/mol. The van der Waals surface area contributed by atoms with E-state index in [0.29, 0.717) is 11.6 Å². The quantitative estimate of drug-likeness (QED) is 0.875. The van der Waals surface area contributed by atoms with E-state index < -0.39 is 0 Å². The number of halogens is 2. The van der Waals surface area contributed by atoms with Crippen LogP contribution in [0.25, 0.3) is 0 Å². The number of hydrogen-bond donors (Lipinski definition) is 1. The van der Waals surface area contributed by atoms with Gasteiger partial charge in [-0.25, -0.2) is 0 Å². The van der Waals surface area contributed by atoms with Crippen molar-refractivity contribution in [3.8, 4) is 5.75 Å². The largest absolute Gasteiger partial charge is 0.495 e. The van der Waals surface area contributed by atoms with Crippen molar-refractivity contribution in [2.24, 2.45) is 5.73 Å². The summed E-state index contributed by atoms with van der Waals surface area (Å²) in [6.45, 7) is 0.419. The van der Waals surface area contributed by atoms with Gasteiger partial charge in [0.2, 0.25) is 0 Å². The molecule has 1 aromatic carbocycles. The van der Waals surface area contributed by atoms with E-state index in [1.165, 1.54) is 0 Å². The Hall–Kier alpha value is -0.250. The van der Waals surface area contributed by atoms with Crippen LogP contribution in [0.5, 0.6) is 5.75 Å². The Morgan fingerprint density at radius 2 is 2.25 bits per heavy atom. The molecule has 1 aromatic rings. The molecule has 2 nitrogen and oxygen atoms in total. The summed E-state index contributed by atoms with van der Waals surface area (Å²) in [5.74, 6) is 0.752. The summed E-state index contributed by atoms with van der Waals surface area (Å²) >= 11 is 9.15. The molecule has 0 radical (unpaired) electrons. The molecule has 0 aliphatic rings. The van der Waals surface area contributed by atoms with Crippen LogP contribution in [0.1, 0.15) is 5.56 Å². The maximum Gasteiger partial charge on any atom is 0.137 e. The Balaban J connectivity index is 3.24. The van der Waals surface area contributed by atoms with Crippen LogP contribution in [0.4, 0.5) is 0 Å². The first-order valence-corrected chi connectivity index (χ1v) is 4.58. The van der Waals surface area contributed by atoms with Gasteiger partial charge in [-0.1, -0.05) is 11.6 Å². The van der Waals surface area contributed by atoms with Gasteiger partial charge in [-0.15, -0.1) is 0 Å². The second-order valence-corrected chi connectivity index (χ2v) is 3.57. The second-order valence-electron chi connectivity index (χ2n) is 2.28. The zero-order chi connectivity index (χ0) is 9.14. The number of methoxy groups -OCH3 is 1. The predicted molar refractivity (Wildman–Crippen MR) is 53.6 cm³/mol. The third-order valence-electron chi connectivity index (χ3n) is 1.51. The lowest BCUT2D eigenvalue weighted by atomic mass is 10.2. The lowest BCUT2D eigenvalue weighted by Crippen LogP contribution is -2.00. The molecule has 0 unspecified atom stereocenters. The molecular weight excluding hydrogens is 241 g/mol. The fourth-order valence-corrected chi connectivity index (χ4v) is 2.03. The van der Waals surface area contributed by atoms with Crippen LogP contribution in [0.15, 0.2) is 16.6 Å². The number of benzene rings is 1. The Labute approximate surface area is 84.8 Å². The first-order chi connectivity index (χ1) is 5.69. The van der Waals surface area contributed by atoms with Crippen molar-refractivity contribution in [3.63, 3.8) is 0 Å². The highest BCUT2D eigenvalue weighted by Gasteiger charge is 2.06. The maximum atomic E-state index is 5.82. The molecular formula is C8H9BrClNO. The van der Waals surface area contributed by atoms with Crippen LogP contribution in [0.3, 0.4) is 0 Å². The highest BCUT2D eigenvalue weighted by molar-refractivity contribution is 9.10. The van der Waals surface area contributed by atoms with E-state index in [-0.39, 0.29) is 0 Å². The molecule has 0 aliphatic heterocycles. The highest BCUT2D eigenvalue weighted by Crippen LogP contribution is 2.31. The van der Waals surface area contributed by atoms with Gasteiger partial charge in [0.1, 0.15) is 5.75 Å². The summed E-state index contributed by atoms with van der Waals surface area (Å²) in [4.78, 5) is 0. The molecule has 2 N–H and O–H groups in total. The predicted octanol–water partition coefficient (Wildman–Crippen LogP) is 2.57. The topological polar surface area (TPSA) is 35.2 Å². The molecule has 1 rings (SSSR count). The van der Waals surface area contributed by atoms with E-state index in [0.717, 1.165) is 15.8 Å². The summed E-state index contributed by atoms with van der Waals surface area (Å²) in [5, 5.41) is 0.656. The fourth-order valence-electron chi connectivity index (χ4n) is 0.994. The lowest BCUT2D eigenvalue weighted by Gasteiger charge is -2.08. The van der Waals surface area contributed by atoms with Gasteiger partial charge in [0.15, 0.2) is 0 Å². The van der Waals surface area contributed by atoms with Gasteiger partial charge in [-0.2, -0.15) is 0 Å². The van der Waals surface area contributed by atoms with E-state index in [1.807, 2.05) is 0 Å². The van der Waals surface area contributed by atoms with E-state index in [2.05, 4.69) is 15.9 Å². The van der Waals surface area contributed by atoms with Gasteiger partial charge in [0, 0.05) is 17.1 Å².